The van der Waals surface area contributed by atoms with Gasteiger partial charge in [0.15, 0.2) is 0 Å². The second-order valence-corrected chi connectivity index (χ2v) is 5.94. The van der Waals surface area contributed by atoms with Gasteiger partial charge in [-0.25, -0.2) is 0 Å². The zero-order valence-electron chi connectivity index (χ0n) is 11.2. The van der Waals surface area contributed by atoms with Gasteiger partial charge in [-0.3, -0.25) is 4.79 Å². The molecule has 0 saturated carbocycles. The Hall–Kier alpha value is -1.03. The molecule has 1 amide bonds. The molecule has 1 aliphatic heterocycles. The molecule has 0 bridgehead atoms. The van der Waals surface area contributed by atoms with Gasteiger partial charge in [0.05, 0.1) is 16.1 Å². The number of piperidine rings is 1. The summed E-state index contributed by atoms with van der Waals surface area (Å²) in [5, 5.41) is 10.7. The lowest BCUT2D eigenvalue weighted by Crippen LogP contribution is -2.45. The number of carbonyl (C=O) groups is 1. The number of rotatable bonds is 2. The first kappa shape index (κ1) is 15.4. The fourth-order valence-corrected chi connectivity index (χ4v) is 2.44. The zero-order chi connectivity index (χ0) is 14.7. The highest BCUT2D eigenvalue weighted by molar-refractivity contribution is 6.42. The molecule has 108 valence electrons. The molecular formula is C15H17Cl2NO2. The largest absolute Gasteiger partial charge is 0.391 e. The van der Waals surface area contributed by atoms with Gasteiger partial charge in [-0.1, -0.05) is 36.2 Å². The first-order chi connectivity index (χ1) is 9.47. The zero-order valence-corrected chi connectivity index (χ0v) is 12.7. The summed E-state index contributed by atoms with van der Waals surface area (Å²) in [7, 11) is 0. The molecule has 2 atom stereocenters. The van der Waals surface area contributed by atoms with Gasteiger partial charge < -0.3 is 10.0 Å². The molecule has 5 heteroatoms. The standard InChI is InChI=1S/C15H17Cl2NO2/c1-10-6-7-18(9-14(10)19)15(20)5-3-11-2-4-12(16)13(17)8-11/h2-5,8,10,14,19H,6-7,9H2,1H3/b5-3+. The van der Waals surface area contributed by atoms with E-state index in [0.717, 1.165) is 12.0 Å². The van der Waals surface area contributed by atoms with Crippen LogP contribution in [-0.4, -0.2) is 35.1 Å². The Labute approximate surface area is 128 Å². The maximum absolute atomic E-state index is 12.0. The number of aliphatic hydroxyl groups excluding tert-OH is 1. The van der Waals surface area contributed by atoms with Crippen molar-refractivity contribution >= 4 is 35.2 Å². The molecule has 1 saturated heterocycles. The molecule has 1 N–H and O–H groups in total. The maximum atomic E-state index is 12.0. The van der Waals surface area contributed by atoms with E-state index in [4.69, 9.17) is 23.2 Å². The van der Waals surface area contributed by atoms with Crippen LogP contribution in [0.2, 0.25) is 10.0 Å². The number of aliphatic hydroxyl groups is 1. The van der Waals surface area contributed by atoms with E-state index in [9.17, 15) is 9.90 Å². The summed E-state index contributed by atoms with van der Waals surface area (Å²) < 4.78 is 0. The monoisotopic (exact) mass is 313 g/mol. The lowest BCUT2D eigenvalue weighted by molar-refractivity contribution is -0.130. The second-order valence-electron chi connectivity index (χ2n) is 5.12. The van der Waals surface area contributed by atoms with E-state index in [-0.39, 0.29) is 11.8 Å². The Morgan fingerprint density at radius 3 is 2.80 bits per heavy atom. The van der Waals surface area contributed by atoms with Gasteiger partial charge in [-0.15, -0.1) is 0 Å². The fourth-order valence-electron chi connectivity index (χ4n) is 2.14. The topological polar surface area (TPSA) is 40.5 Å². The van der Waals surface area contributed by atoms with E-state index in [2.05, 4.69) is 0 Å². The van der Waals surface area contributed by atoms with Crippen LogP contribution in [0.1, 0.15) is 18.9 Å². The van der Waals surface area contributed by atoms with Gasteiger partial charge in [0, 0.05) is 19.2 Å². The van der Waals surface area contributed by atoms with Crippen LogP contribution in [-0.2, 0) is 4.79 Å². The van der Waals surface area contributed by atoms with E-state index in [1.54, 1.807) is 29.2 Å². The van der Waals surface area contributed by atoms with Crippen molar-refractivity contribution in [1.82, 2.24) is 4.90 Å². The van der Waals surface area contributed by atoms with Crippen molar-refractivity contribution in [3.63, 3.8) is 0 Å². The number of halogens is 2. The highest BCUT2D eigenvalue weighted by Crippen LogP contribution is 2.23. The van der Waals surface area contributed by atoms with Gasteiger partial charge in [0.1, 0.15) is 0 Å². The van der Waals surface area contributed by atoms with E-state index in [1.165, 1.54) is 6.08 Å². The highest BCUT2D eigenvalue weighted by Gasteiger charge is 2.26. The molecule has 2 unspecified atom stereocenters. The summed E-state index contributed by atoms with van der Waals surface area (Å²) in [6.07, 6.45) is 3.59. The summed E-state index contributed by atoms with van der Waals surface area (Å²) in [5.74, 6) is 0.153. The number of benzene rings is 1. The summed E-state index contributed by atoms with van der Waals surface area (Å²) >= 11 is 11.8. The van der Waals surface area contributed by atoms with Crippen LogP contribution in [0.5, 0.6) is 0 Å². The maximum Gasteiger partial charge on any atom is 0.246 e. The molecule has 3 nitrogen and oxygen atoms in total. The van der Waals surface area contributed by atoms with Crippen molar-refractivity contribution in [2.45, 2.75) is 19.4 Å². The molecule has 2 rings (SSSR count). The van der Waals surface area contributed by atoms with Gasteiger partial charge in [-0.05, 0) is 36.1 Å². The van der Waals surface area contributed by atoms with Crippen molar-refractivity contribution in [1.29, 1.82) is 0 Å². The number of β-amino-alcohol motifs (C(OH)–C–C–N with tert-alkyl or cyclic N) is 1. The lowest BCUT2D eigenvalue weighted by Gasteiger charge is -2.33. The first-order valence-electron chi connectivity index (χ1n) is 6.57. The number of nitrogens with zero attached hydrogens (tertiary/aromatic N) is 1. The van der Waals surface area contributed by atoms with E-state index < -0.39 is 6.10 Å². The number of likely N-dealkylation sites (tertiary alicyclic amines) is 1. The molecular weight excluding hydrogens is 297 g/mol. The Kier molecular flexibility index (Phi) is 5.08. The van der Waals surface area contributed by atoms with Gasteiger partial charge in [-0.2, -0.15) is 0 Å². The van der Waals surface area contributed by atoms with Gasteiger partial charge in [0.25, 0.3) is 0 Å². The van der Waals surface area contributed by atoms with Gasteiger partial charge >= 0.3 is 0 Å². The minimum absolute atomic E-state index is 0.0953. The Balaban J connectivity index is 2.00. The smallest absolute Gasteiger partial charge is 0.246 e. The molecule has 0 radical (unpaired) electrons. The van der Waals surface area contributed by atoms with Crippen LogP contribution in [0.4, 0.5) is 0 Å². The minimum atomic E-state index is -0.439. The molecule has 20 heavy (non-hydrogen) atoms. The number of hydrogen-bond donors (Lipinski definition) is 1. The fraction of sp³-hybridized carbons (Fsp3) is 0.400. The third-order valence-electron chi connectivity index (χ3n) is 3.59. The first-order valence-corrected chi connectivity index (χ1v) is 7.33. The van der Waals surface area contributed by atoms with Crippen molar-refractivity contribution in [2.75, 3.05) is 13.1 Å². The molecule has 0 aliphatic carbocycles. The van der Waals surface area contributed by atoms with Crippen LogP contribution in [0.15, 0.2) is 24.3 Å². The number of amides is 1. The molecule has 1 aliphatic rings. The van der Waals surface area contributed by atoms with Crippen molar-refractivity contribution in [3.8, 4) is 0 Å². The number of carbonyl (C=O) groups excluding carboxylic acids is 1. The van der Waals surface area contributed by atoms with Crippen LogP contribution >= 0.6 is 23.2 Å². The quantitative estimate of drug-likeness (QED) is 0.852. The van der Waals surface area contributed by atoms with Gasteiger partial charge in [0.2, 0.25) is 5.91 Å². The predicted octanol–water partition coefficient (Wildman–Crippen LogP) is 3.24. The van der Waals surface area contributed by atoms with Crippen molar-refractivity contribution in [2.24, 2.45) is 5.92 Å². The summed E-state index contributed by atoms with van der Waals surface area (Å²) in [4.78, 5) is 13.7. The van der Waals surface area contributed by atoms with E-state index in [1.807, 2.05) is 6.92 Å². The average molecular weight is 314 g/mol. The molecule has 0 spiro atoms. The Morgan fingerprint density at radius 1 is 1.40 bits per heavy atom. The lowest BCUT2D eigenvalue weighted by atomic mass is 9.96. The van der Waals surface area contributed by atoms with Crippen molar-refractivity contribution in [3.05, 3.63) is 39.9 Å². The normalized spacial score (nSPS) is 23.3. The summed E-state index contributed by atoms with van der Waals surface area (Å²) in [6, 6.07) is 5.20. The Morgan fingerprint density at radius 2 is 2.15 bits per heavy atom. The third-order valence-corrected chi connectivity index (χ3v) is 4.33. The highest BCUT2D eigenvalue weighted by atomic mass is 35.5. The Bertz CT molecular complexity index is 531. The predicted molar refractivity (Wildman–Crippen MR) is 81.9 cm³/mol. The molecule has 1 fully saturated rings. The van der Waals surface area contributed by atoms with Crippen LogP contribution in [0, 0.1) is 5.92 Å². The second kappa shape index (κ2) is 6.61. The molecule has 1 heterocycles. The van der Waals surface area contributed by atoms with Crippen LogP contribution in [0.3, 0.4) is 0 Å². The minimum Gasteiger partial charge on any atom is -0.391 e. The van der Waals surface area contributed by atoms with E-state index >= 15 is 0 Å². The molecule has 1 aromatic rings. The summed E-state index contributed by atoms with van der Waals surface area (Å²) in [5.41, 5.74) is 0.818. The third kappa shape index (κ3) is 3.75. The van der Waals surface area contributed by atoms with Crippen molar-refractivity contribution < 1.29 is 9.90 Å². The number of hydrogen-bond acceptors (Lipinski definition) is 2. The average Bonchev–Trinajstić information content (AvgIpc) is 2.43. The molecule has 0 aromatic heterocycles. The SMILES string of the molecule is CC1CCN(C(=O)/C=C/c2ccc(Cl)c(Cl)c2)CC1O. The summed E-state index contributed by atoms with van der Waals surface area (Å²) in [6.45, 7) is 3.08. The van der Waals surface area contributed by atoms with Crippen LogP contribution in [0.25, 0.3) is 6.08 Å². The molecule has 1 aromatic carbocycles. The van der Waals surface area contributed by atoms with E-state index in [0.29, 0.717) is 23.1 Å². The van der Waals surface area contributed by atoms with Crippen LogP contribution < -0.4 is 0 Å².